The largest absolute Gasteiger partial charge is 0.370 e. The number of hydrogen-bond donors (Lipinski definition) is 3. The van der Waals surface area contributed by atoms with Crippen molar-refractivity contribution in [2.75, 3.05) is 0 Å². The van der Waals surface area contributed by atoms with Gasteiger partial charge in [-0.2, -0.15) is 0 Å². The number of benzene rings is 6. The highest BCUT2D eigenvalue weighted by atomic mass is 79.9. The summed E-state index contributed by atoms with van der Waals surface area (Å²) in [7, 11) is 0. The Morgan fingerprint density at radius 3 is 1.61 bits per heavy atom. The first-order valence-corrected chi connectivity index (χ1v) is 10.8. The van der Waals surface area contributed by atoms with Crippen LogP contribution in [0.5, 0.6) is 0 Å². The van der Waals surface area contributed by atoms with E-state index in [-0.39, 0.29) is 5.96 Å². The molecule has 0 spiro atoms. The predicted molar refractivity (Wildman–Crippen MR) is 138 cm³/mol. The van der Waals surface area contributed by atoms with Crippen LogP contribution >= 0.6 is 15.9 Å². The maximum Gasteiger partial charge on any atom is 0.183 e. The molecule has 31 heavy (non-hydrogen) atoms. The average Bonchev–Trinajstić information content (AvgIpc) is 2.75. The van der Waals surface area contributed by atoms with Crippen LogP contribution in [0.25, 0.3) is 53.9 Å². The van der Waals surface area contributed by atoms with E-state index in [9.17, 15) is 0 Å². The molecule has 0 aromatic heterocycles. The summed E-state index contributed by atoms with van der Waals surface area (Å²) in [4.78, 5) is 0. The molecule has 0 radical (unpaired) electrons. The van der Waals surface area contributed by atoms with Gasteiger partial charge in [0.2, 0.25) is 0 Å². The number of halogens is 1. The van der Waals surface area contributed by atoms with Crippen molar-refractivity contribution in [1.82, 2.24) is 0 Å². The molecule has 0 bridgehead atoms. The number of hydrogen-bond acceptors (Lipinski definition) is 1. The minimum absolute atomic E-state index is 0.333. The van der Waals surface area contributed by atoms with Crippen LogP contribution in [0.3, 0.4) is 0 Å². The molecule has 0 heterocycles. The first-order valence-electron chi connectivity index (χ1n) is 9.96. The van der Waals surface area contributed by atoms with Crippen molar-refractivity contribution in [3.63, 3.8) is 0 Å². The van der Waals surface area contributed by atoms with Gasteiger partial charge < -0.3 is 11.5 Å². The van der Waals surface area contributed by atoms with Crippen molar-refractivity contribution >= 4 is 75.8 Å². The van der Waals surface area contributed by atoms with Crippen molar-refractivity contribution in [3.8, 4) is 0 Å². The summed E-state index contributed by atoms with van der Waals surface area (Å²) in [5, 5.41) is 18.9. The summed E-state index contributed by atoms with van der Waals surface area (Å²) >= 11 is 3.71. The number of fused-ring (bicyclic) bond motifs is 6. The van der Waals surface area contributed by atoms with E-state index in [2.05, 4.69) is 118 Å². The van der Waals surface area contributed by atoms with Crippen molar-refractivity contribution < 1.29 is 0 Å². The lowest BCUT2D eigenvalue weighted by Crippen LogP contribution is -2.20. The normalized spacial score (nSPS) is 11.1. The van der Waals surface area contributed by atoms with Crippen molar-refractivity contribution in [1.29, 1.82) is 5.41 Å². The summed E-state index contributed by atoms with van der Waals surface area (Å²) in [6.45, 7) is 0. The lowest BCUT2D eigenvalue weighted by molar-refractivity contribution is 1.39. The van der Waals surface area contributed by atoms with Gasteiger partial charge in [-0.15, -0.1) is 0 Å². The maximum atomic E-state index is 6.06. The van der Waals surface area contributed by atoms with Gasteiger partial charge in [-0.1, -0.05) is 64.5 Å². The molecule has 4 heteroatoms. The molecule has 0 saturated carbocycles. The lowest BCUT2D eigenvalue weighted by atomic mass is 9.95. The van der Waals surface area contributed by atoms with E-state index in [4.69, 9.17) is 5.41 Å². The molecule has 0 saturated heterocycles. The number of guanidine groups is 1. The second-order valence-corrected chi connectivity index (χ2v) is 8.53. The van der Waals surface area contributed by atoms with Crippen molar-refractivity contribution in [2.24, 2.45) is 11.5 Å². The van der Waals surface area contributed by atoms with Crippen LogP contribution in [0.15, 0.2) is 95.5 Å². The topological polar surface area (TPSA) is 75.9 Å². The van der Waals surface area contributed by atoms with Gasteiger partial charge in [0.1, 0.15) is 0 Å². The standard InChI is InChI=1S/C26H15Br.CH5N3/c27-26-7-3-6-18-12-19-8-9-20-13-21-10-16-4-1-2-5-17(16)11-22(21)14-23(20)24(19)15-25(18)26;2-1(3)4/h1-15H;(H5,2,3,4). The number of rotatable bonds is 0. The Bertz CT molecular complexity index is 1630. The SMILES string of the molecule is Brc1cccc2cc3ccc4cc5cc6ccccc6cc5cc4c3cc12.N=C(N)N. The molecule has 6 aromatic carbocycles. The fourth-order valence-corrected chi connectivity index (χ4v) is 4.73. The zero-order valence-corrected chi connectivity index (χ0v) is 18.3. The molecule has 0 atom stereocenters. The molecule has 0 unspecified atom stereocenters. The lowest BCUT2D eigenvalue weighted by Gasteiger charge is -2.10. The Labute approximate surface area is 187 Å². The Morgan fingerprint density at radius 1 is 0.516 bits per heavy atom. The first-order chi connectivity index (χ1) is 15.0. The third-order valence-corrected chi connectivity index (χ3v) is 6.29. The van der Waals surface area contributed by atoms with E-state index in [0.29, 0.717) is 0 Å². The highest BCUT2D eigenvalue weighted by Crippen LogP contribution is 2.35. The number of nitrogens with two attached hydrogens (primary N) is 2. The number of nitrogens with one attached hydrogen (secondary N) is 1. The van der Waals surface area contributed by atoms with E-state index in [1.165, 1.54) is 53.9 Å². The van der Waals surface area contributed by atoms with Crippen LogP contribution in [-0.4, -0.2) is 5.96 Å². The Kier molecular flexibility index (Phi) is 4.72. The molecule has 0 aliphatic carbocycles. The third-order valence-electron chi connectivity index (χ3n) is 5.60. The first kappa shape index (κ1) is 19.3. The fourth-order valence-electron chi connectivity index (χ4n) is 4.24. The molecule has 6 rings (SSSR count). The molecular formula is C27H20BrN3. The third kappa shape index (κ3) is 3.56. The van der Waals surface area contributed by atoms with Crippen LogP contribution in [0.1, 0.15) is 0 Å². The van der Waals surface area contributed by atoms with Crippen LogP contribution in [0, 0.1) is 5.41 Å². The van der Waals surface area contributed by atoms with E-state index in [0.717, 1.165) is 4.47 Å². The molecule has 5 N–H and O–H groups in total. The smallest absolute Gasteiger partial charge is 0.183 e. The second-order valence-electron chi connectivity index (χ2n) is 7.68. The van der Waals surface area contributed by atoms with Crippen LogP contribution < -0.4 is 11.5 Å². The monoisotopic (exact) mass is 465 g/mol. The van der Waals surface area contributed by atoms with Gasteiger partial charge in [-0.05, 0) is 96.3 Å². The van der Waals surface area contributed by atoms with Crippen molar-refractivity contribution in [3.05, 3.63) is 95.5 Å². The molecule has 6 aromatic rings. The predicted octanol–water partition coefficient (Wildman–Crippen LogP) is 7.05. The molecule has 0 fully saturated rings. The summed E-state index contributed by atoms with van der Waals surface area (Å²) < 4.78 is 1.14. The molecule has 0 aliphatic rings. The van der Waals surface area contributed by atoms with Crippen LogP contribution in [-0.2, 0) is 0 Å². The van der Waals surface area contributed by atoms with Gasteiger partial charge in [0.15, 0.2) is 5.96 Å². The Morgan fingerprint density at radius 2 is 0.968 bits per heavy atom. The molecular weight excluding hydrogens is 446 g/mol. The van der Waals surface area contributed by atoms with Gasteiger partial charge in [-0.3, -0.25) is 5.41 Å². The van der Waals surface area contributed by atoms with E-state index in [1.54, 1.807) is 0 Å². The van der Waals surface area contributed by atoms with E-state index in [1.807, 2.05) is 0 Å². The summed E-state index contributed by atoms with van der Waals surface area (Å²) in [5.74, 6) is -0.333. The quantitative estimate of drug-likeness (QED) is 0.0971. The second kappa shape index (κ2) is 7.56. The highest BCUT2D eigenvalue weighted by Gasteiger charge is 2.07. The van der Waals surface area contributed by atoms with Gasteiger partial charge >= 0.3 is 0 Å². The van der Waals surface area contributed by atoms with E-state index < -0.39 is 0 Å². The zero-order valence-electron chi connectivity index (χ0n) is 16.7. The summed E-state index contributed by atoms with van der Waals surface area (Å²) in [6, 6.07) is 33.3. The van der Waals surface area contributed by atoms with Gasteiger partial charge in [0, 0.05) is 4.47 Å². The minimum atomic E-state index is -0.333. The molecule has 0 aliphatic heterocycles. The van der Waals surface area contributed by atoms with Crippen LogP contribution in [0.2, 0.25) is 0 Å². The molecule has 0 amide bonds. The zero-order chi connectivity index (χ0) is 21.5. The van der Waals surface area contributed by atoms with Crippen LogP contribution in [0.4, 0.5) is 0 Å². The maximum absolute atomic E-state index is 6.06. The molecule has 3 nitrogen and oxygen atoms in total. The minimum Gasteiger partial charge on any atom is -0.370 e. The summed E-state index contributed by atoms with van der Waals surface area (Å²) in [6.07, 6.45) is 0. The Balaban J connectivity index is 0.000000473. The van der Waals surface area contributed by atoms with Gasteiger partial charge in [-0.25, -0.2) is 0 Å². The average molecular weight is 466 g/mol. The highest BCUT2D eigenvalue weighted by molar-refractivity contribution is 9.10. The van der Waals surface area contributed by atoms with E-state index >= 15 is 0 Å². The Hall–Kier alpha value is -3.63. The van der Waals surface area contributed by atoms with Crippen molar-refractivity contribution in [2.45, 2.75) is 0 Å². The molecule has 150 valence electrons. The summed E-state index contributed by atoms with van der Waals surface area (Å²) in [5.41, 5.74) is 8.94. The van der Waals surface area contributed by atoms with Gasteiger partial charge in [0.05, 0.1) is 0 Å². The fraction of sp³-hybridized carbons (Fsp3) is 0. The van der Waals surface area contributed by atoms with Gasteiger partial charge in [0.25, 0.3) is 0 Å².